The number of rotatable bonds is 2. The summed E-state index contributed by atoms with van der Waals surface area (Å²) in [6.45, 7) is 7.47. The highest BCUT2D eigenvalue weighted by atomic mass is 16.4. The molecule has 1 rings (SSSR count). The van der Waals surface area contributed by atoms with Crippen molar-refractivity contribution in [2.75, 3.05) is 33.2 Å². The monoisotopic (exact) mass is 200 g/mol. The average Bonchev–Trinajstić information content (AvgIpc) is 2.23. The maximum absolute atomic E-state index is 11.0. The first kappa shape index (κ1) is 11.5. The molecule has 0 aliphatic carbocycles. The van der Waals surface area contributed by atoms with Gasteiger partial charge in [0.05, 0.1) is 5.92 Å². The summed E-state index contributed by atoms with van der Waals surface area (Å²) in [5, 5.41) is 9.03. The molecule has 1 aliphatic rings. The zero-order chi connectivity index (χ0) is 10.7. The number of hydrogen-bond acceptors (Lipinski definition) is 3. The molecule has 0 amide bonds. The van der Waals surface area contributed by atoms with E-state index in [-0.39, 0.29) is 5.92 Å². The van der Waals surface area contributed by atoms with E-state index in [0.717, 1.165) is 13.1 Å². The summed E-state index contributed by atoms with van der Waals surface area (Å²) in [4.78, 5) is 15.3. The number of likely N-dealkylation sites (N-methyl/N-ethyl adjacent to an activating group) is 2. The van der Waals surface area contributed by atoms with E-state index >= 15 is 0 Å². The van der Waals surface area contributed by atoms with Gasteiger partial charge in [-0.2, -0.15) is 0 Å². The lowest BCUT2D eigenvalue weighted by molar-refractivity contribution is -0.142. The Morgan fingerprint density at radius 3 is 2.57 bits per heavy atom. The van der Waals surface area contributed by atoms with E-state index in [1.807, 2.05) is 7.05 Å². The van der Waals surface area contributed by atoms with Crippen molar-refractivity contribution in [3.8, 4) is 0 Å². The van der Waals surface area contributed by atoms with Crippen LogP contribution in [-0.4, -0.2) is 60.1 Å². The minimum atomic E-state index is -0.676. The van der Waals surface area contributed by atoms with Gasteiger partial charge in [-0.15, -0.1) is 0 Å². The molecule has 1 fully saturated rings. The van der Waals surface area contributed by atoms with E-state index in [9.17, 15) is 4.79 Å². The second-order valence-electron chi connectivity index (χ2n) is 4.19. The number of hydrogen-bond donors (Lipinski definition) is 1. The fourth-order valence-electron chi connectivity index (χ4n) is 2.14. The zero-order valence-electron chi connectivity index (χ0n) is 9.23. The number of carboxylic acids is 1. The fraction of sp³-hybridized carbons (Fsp3) is 0.900. The third-order valence-electron chi connectivity index (χ3n) is 2.94. The molecule has 1 N–H and O–H groups in total. The maximum atomic E-state index is 11.0. The second kappa shape index (κ2) is 4.75. The molecule has 1 heterocycles. The van der Waals surface area contributed by atoms with E-state index in [4.69, 9.17) is 5.11 Å². The Labute approximate surface area is 85.5 Å². The summed E-state index contributed by atoms with van der Waals surface area (Å²) < 4.78 is 0. The summed E-state index contributed by atoms with van der Waals surface area (Å²) in [6.07, 6.45) is 0. The van der Waals surface area contributed by atoms with Crippen molar-refractivity contribution in [1.29, 1.82) is 0 Å². The van der Waals surface area contributed by atoms with Gasteiger partial charge < -0.3 is 10.0 Å². The Balaban J connectivity index is 2.69. The minimum Gasteiger partial charge on any atom is -0.481 e. The number of nitrogens with zero attached hydrogens (tertiary/aromatic N) is 2. The van der Waals surface area contributed by atoms with E-state index in [0.29, 0.717) is 19.1 Å². The SMILES string of the molecule is CCN1CC(C(=O)O)CN(C)CC1C. The van der Waals surface area contributed by atoms with Crippen LogP contribution in [0.2, 0.25) is 0 Å². The summed E-state index contributed by atoms with van der Waals surface area (Å²) in [5.74, 6) is -0.922. The van der Waals surface area contributed by atoms with Crippen LogP contribution in [0.3, 0.4) is 0 Å². The lowest BCUT2D eigenvalue weighted by Crippen LogP contribution is -2.38. The lowest BCUT2D eigenvalue weighted by Gasteiger charge is -2.26. The molecule has 4 nitrogen and oxygen atoms in total. The van der Waals surface area contributed by atoms with Crippen molar-refractivity contribution >= 4 is 5.97 Å². The van der Waals surface area contributed by atoms with Gasteiger partial charge in [0.15, 0.2) is 0 Å². The largest absolute Gasteiger partial charge is 0.481 e. The highest BCUT2D eigenvalue weighted by Crippen LogP contribution is 2.13. The van der Waals surface area contributed by atoms with E-state index in [1.54, 1.807) is 0 Å². The van der Waals surface area contributed by atoms with Crippen molar-refractivity contribution in [2.24, 2.45) is 5.92 Å². The van der Waals surface area contributed by atoms with Gasteiger partial charge in [0.1, 0.15) is 0 Å². The summed E-state index contributed by atoms with van der Waals surface area (Å²) in [6, 6.07) is 0.453. The summed E-state index contributed by atoms with van der Waals surface area (Å²) >= 11 is 0. The Kier molecular flexibility index (Phi) is 3.89. The number of carboxylic acid groups (broad SMARTS) is 1. The molecule has 0 bridgehead atoms. The van der Waals surface area contributed by atoms with Gasteiger partial charge in [-0.05, 0) is 20.5 Å². The quantitative estimate of drug-likeness (QED) is 0.698. The van der Waals surface area contributed by atoms with Crippen molar-refractivity contribution in [3.63, 3.8) is 0 Å². The molecule has 0 radical (unpaired) electrons. The first-order valence-electron chi connectivity index (χ1n) is 5.20. The molecule has 4 heteroatoms. The van der Waals surface area contributed by atoms with Crippen LogP contribution < -0.4 is 0 Å². The molecule has 0 saturated carbocycles. The predicted octanol–water partition coefficient (Wildman–Crippen LogP) is 0.343. The lowest BCUT2D eigenvalue weighted by atomic mass is 10.1. The molecule has 2 unspecified atom stereocenters. The third-order valence-corrected chi connectivity index (χ3v) is 2.94. The molecular weight excluding hydrogens is 180 g/mol. The first-order valence-corrected chi connectivity index (χ1v) is 5.20. The number of aliphatic carboxylic acids is 1. The smallest absolute Gasteiger partial charge is 0.309 e. The van der Waals surface area contributed by atoms with Crippen molar-refractivity contribution < 1.29 is 9.90 Å². The molecule has 2 atom stereocenters. The van der Waals surface area contributed by atoms with Crippen LogP contribution in [0.5, 0.6) is 0 Å². The van der Waals surface area contributed by atoms with Gasteiger partial charge in [0.25, 0.3) is 0 Å². The summed E-state index contributed by atoms with van der Waals surface area (Å²) in [7, 11) is 1.99. The Bertz CT molecular complexity index is 208. The molecule has 82 valence electrons. The Hall–Kier alpha value is -0.610. The van der Waals surface area contributed by atoms with Crippen molar-refractivity contribution in [1.82, 2.24) is 9.80 Å². The van der Waals surface area contributed by atoms with Crippen molar-refractivity contribution in [3.05, 3.63) is 0 Å². The predicted molar refractivity (Wildman–Crippen MR) is 55.3 cm³/mol. The van der Waals surface area contributed by atoms with Crippen LogP contribution in [0.4, 0.5) is 0 Å². The number of carbonyl (C=O) groups is 1. The minimum absolute atomic E-state index is 0.245. The highest BCUT2D eigenvalue weighted by Gasteiger charge is 2.28. The van der Waals surface area contributed by atoms with E-state index in [2.05, 4.69) is 23.6 Å². The van der Waals surface area contributed by atoms with Crippen LogP contribution in [0.15, 0.2) is 0 Å². The molecule has 1 aliphatic heterocycles. The van der Waals surface area contributed by atoms with Gasteiger partial charge in [-0.25, -0.2) is 0 Å². The average molecular weight is 200 g/mol. The third kappa shape index (κ3) is 2.69. The summed E-state index contributed by atoms with van der Waals surface area (Å²) in [5.41, 5.74) is 0. The Morgan fingerprint density at radius 2 is 2.07 bits per heavy atom. The molecule has 0 aromatic rings. The van der Waals surface area contributed by atoms with Gasteiger partial charge in [-0.1, -0.05) is 6.92 Å². The molecule has 1 saturated heterocycles. The topological polar surface area (TPSA) is 43.8 Å². The molecular formula is C10H20N2O2. The van der Waals surface area contributed by atoms with Gasteiger partial charge >= 0.3 is 5.97 Å². The van der Waals surface area contributed by atoms with Crippen LogP contribution in [0, 0.1) is 5.92 Å². The van der Waals surface area contributed by atoms with E-state index in [1.165, 1.54) is 0 Å². The van der Waals surface area contributed by atoms with E-state index < -0.39 is 5.97 Å². The standard InChI is InChI=1S/C10H20N2O2/c1-4-12-7-9(10(13)14)6-11(3)5-8(12)2/h8-9H,4-7H2,1-3H3,(H,13,14). The van der Waals surface area contributed by atoms with Crippen LogP contribution >= 0.6 is 0 Å². The zero-order valence-corrected chi connectivity index (χ0v) is 9.23. The molecule has 0 aromatic heterocycles. The van der Waals surface area contributed by atoms with Crippen LogP contribution in [-0.2, 0) is 4.79 Å². The molecule has 14 heavy (non-hydrogen) atoms. The fourth-order valence-corrected chi connectivity index (χ4v) is 2.14. The maximum Gasteiger partial charge on any atom is 0.309 e. The van der Waals surface area contributed by atoms with Gasteiger partial charge in [0, 0.05) is 25.7 Å². The molecule has 0 spiro atoms. The highest BCUT2D eigenvalue weighted by molar-refractivity contribution is 5.70. The van der Waals surface area contributed by atoms with Crippen molar-refractivity contribution in [2.45, 2.75) is 19.9 Å². The second-order valence-corrected chi connectivity index (χ2v) is 4.19. The van der Waals surface area contributed by atoms with Crippen LogP contribution in [0.1, 0.15) is 13.8 Å². The molecule has 0 aromatic carbocycles. The normalized spacial score (nSPS) is 31.4. The van der Waals surface area contributed by atoms with Gasteiger partial charge in [0.2, 0.25) is 0 Å². The van der Waals surface area contributed by atoms with Gasteiger partial charge in [-0.3, -0.25) is 9.69 Å². The van der Waals surface area contributed by atoms with Crippen LogP contribution in [0.25, 0.3) is 0 Å². The first-order chi connectivity index (χ1) is 6.54. The Morgan fingerprint density at radius 1 is 1.43 bits per heavy atom.